The number of guanidine groups is 1. The lowest BCUT2D eigenvalue weighted by molar-refractivity contribution is -0.143. The smallest absolute Gasteiger partial charge is 0.305 e. The van der Waals surface area contributed by atoms with Gasteiger partial charge >= 0.3 is 5.97 Å². The maximum atomic E-state index is 11.4. The van der Waals surface area contributed by atoms with Crippen LogP contribution in [0.4, 0.5) is 0 Å². The molecule has 1 fully saturated rings. The van der Waals surface area contributed by atoms with Gasteiger partial charge in [-0.2, -0.15) is 0 Å². The number of nitrogens with one attached hydrogen (secondary N) is 2. The zero-order chi connectivity index (χ0) is 23.0. The number of esters is 1. The number of ether oxygens (including phenoxy) is 3. The van der Waals surface area contributed by atoms with E-state index in [2.05, 4.69) is 42.7 Å². The highest BCUT2D eigenvalue weighted by Crippen LogP contribution is 2.23. The van der Waals surface area contributed by atoms with Gasteiger partial charge in [0.25, 0.3) is 0 Å². The third kappa shape index (κ3) is 12.5. The molecule has 1 aliphatic heterocycles. The van der Waals surface area contributed by atoms with Crippen molar-refractivity contribution in [1.29, 1.82) is 0 Å². The van der Waals surface area contributed by atoms with Gasteiger partial charge in [0.05, 0.1) is 26.4 Å². The normalized spacial score (nSPS) is 15.6. The summed E-state index contributed by atoms with van der Waals surface area (Å²) in [4.78, 5) is 16.1. The molecule has 1 atom stereocenters. The van der Waals surface area contributed by atoms with Gasteiger partial charge in [0.2, 0.25) is 0 Å². The Bertz CT molecular complexity index is 709. The molecule has 2 N–H and O–H groups in total. The Kier molecular flexibility index (Phi) is 16.0. The molecule has 1 aromatic carbocycles. The summed E-state index contributed by atoms with van der Waals surface area (Å²) in [5.74, 6) is 2.11. The number of hydrogen-bond donors (Lipinski definition) is 2. The second-order valence-corrected chi connectivity index (χ2v) is 8.24. The molecule has 0 spiro atoms. The van der Waals surface area contributed by atoms with Crippen molar-refractivity contribution < 1.29 is 19.0 Å². The van der Waals surface area contributed by atoms with Crippen molar-refractivity contribution in [3.63, 3.8) is 0 Å². The molecule has 1 aromatic rings. The van der Waals surface area contributed by atoms with Gasteiger partial charge in [0.15, 0.2) is 5.96 Å². The molecular formula is C25H42IN3O4. The van der Waals surface area contributed by atoms with Gasteiger partial charge in [-0.15, -0.1) is 24.0 Å². The van der Waals surface area contributed by atoms with E-state index < -0.39 is 0 Å². The molecule has 188 valence electrons. The summed E-state index contributed by atoms with van der Waals surface area (Å²) < 4.78 is 16.6. The number of unbranched alkanes of at least 4 members (excludes halogenated alkanes) is 3. The summed E-state index contributed by atoms with van der Waals surface area (Å²) in [6.07, 6.45) is 5.61. The first kappa shape index (κ1) is 29.5. The lowest BCUT2D eigenvalue weighted by Gasteiger charge is -2.15. The quantitative estimate of drug-likeness (QED) is 0.111. The molecule has 8 heteroatoms. The Hall–Kier alpha value is -1.55. The first-order valence-electron chi connectivity index (χ1n) is 12.1. The van der Waals surface area contributed by atoms with Crippen LogP contribution in [0.5, 0.6) is 5.75 Å². The molecule has 0 amide bonds. The fourth-order valence-corrected chi connectivity index (χ4v) is 3.54. The summed E-state index contributed by atoms with van der Waals surface area (Å²) in [6.45, 7) is 11.0. The van der Waals surface area contributed by atoms with Crippen LogP contribution in [0.15, 0.2) is 23.2 Å². The molecular weight excluding hydrogens is 533 g/mol. The van der Waals surface area contributed by atoms with Crippen molar-refractivity contribution in [3.8, 4) is 5.75 Å². The van der Waals surface area contributed by atoms with E-state index in [-0.39, 0.29) is 29.9 Å². The van der Waals surface area contributed by atoms with Gasteiger partial charge in [0.1, 0.15) is 5.75 Å². The Morgan fingerprint density at radius 2 is 2.00 bits per heavy atom. The summed E-state index contributed by atoms with van der Waals surface area (Å²) in [7, 11) is 0. The number of halogens is 1. The van der Waals surface area contributed by atoms with Gasteiger partial charge in [-0.3, -0.25) is 4.79 Å². The summed E-state index contributed by atoms with van der Waals surface area (Å²) in [5, 5.41) is 6.72. The van der Waals surface area contributed by atoms with Gasteiger partial charge in [0, 0.05) is 37.6 Å². The summed E-state index contributed by atoms with van der Waals surface area (Å²) >= 11 is 0. The molecule has 1 unspecified atom stereocenters. The predicted octanol–water partition coefficient (Wildman–Crippen LogP) is 4.60. The van der Waals surface area contributed by atoms with Crippen LogP contribution in [-0.4, -0.2) is 51.4 Å². The van der Waals surface area contributed by atoms with Crippen LogP contribution < -0.4 is 15.4 Å². The molecule has 2 rings (SSSR count). The minimum atomic E-state index is -0.0942. The minimum absolute atomic E-state index is 0. The number of rotatable bonds is 14. The largest absolute Gasteiger partial charge is 0.493 e. The highest BCUT2D eigenvalue weighted by atomic mass is 127. The van der Waals surface area contributed by atoms with E-state index in [0.29, 0.717) is 32.1 Å². The predicted molar refractivity (Wildman–Crippen MR) is 144 cm³/mol. The standard InChI is InChI=1S/C25H41N3O4.HI/c1-4-26-25(27-14-9-7-6-8-10-24(29)31-5-2)28-17-22-12-11-20(3)16-23(22)32-19-21-13-15-30-18-21;/h11-12,16,21H,4-10,13-15,17-19H2,1-3H3,(H2,26,27,28);1H. The van der Waals surface area contributed by atoms with E-state index in [1.165, 1.54) is 5.56 Å². The Balaban J connectivity index is 0.00000544. The van der Waals surface area contributed by atoms with Crippen molar-refractivity contribution >= 4 is 35.9 Å². The van der Waals surface area contributed by atoms with Gasteiger partial charge in [-0.25, -0.2) is 4.99 Å². The number of aliphatic imine (C=N–C) groups is 1. The van der Waals surface area contributed by atoms with Gasteiger partial charge in [-0.1, -0.05) is 25.0 Å². The topological polar surface area (TPSA) is 81.2 Å². The van der Waals surface area contributed by atoms with Crippen LogP contribution in [0.3, 0.4) is 0 Å². The highest BCUT2D eigenvalue weighted by Gasteiger charge is 2.17. The van der Waals surface area contributed by atoms with Crippen molar-refractivity contribution in [2.45, 2.75) is 65.8 Å². The van der Waals surface area contributed by atoms with Crippen LogP contribution in [0.2, 0.25) is 0 Å². The fourth-order valence-electron chi connectivity index (χ4n) is 3.54. The summed E-state index contributed by atoms with van der Waals surface area (Å²) in [6, 6.07) is 6.30. The zero-order valence-electron chi connectivity index (χ0n) is 20.5. The first-order valence-corrected chi connectivity index (χ1v) is 12.1. The number of aryl methyl sites for hydroxylation is 1. The van der Waals surface area contributed by atoms with E-state index in [0.717, 1.165) is 75.7 Å². The molecule has 0 radical (unpaired) electrons. The third-order valence-corrected chi connectivity index (χ3v) is 5.38. The Labute approximate surface area is 216 Å². The van der Waals surface area contributed by atoms with E-state index in [4.69, 9.17) is 19.2 Å². The SMILES string of the molecule is CCNC(=NCc1ccc(C)cc1OCC1CCOC1)NCCCCCCC(=O)OCC.I. The number of nitrogens with zero attached hydrogens (tertiary/aromatic N) is 1. The van der Waals surface area contributed by atoms with Crippen LogP contribution >= 0.6 is 24.0 Å². The average molecular weight is 576 g/mol. The fraction of sp³-hybridized carbons (Fsp3) is 0.680. The van der Waals surface area contributed by atoms with Crippen LogP contribution in [0.1, 0.15) is 63.5 Å². The van der Waals surface area contributed by atoms with E-state index >= 15 is 0 Å². The average Bonchev–Trinajstić information content (AvgIpc) is 3.30. The number of carbonyl (C=O) groups is 1. The second kappa shape index (κ2) is 17.9. The van der Waals surface area contributed by atoms with E-state index in [1.54, 1.807) is 0 Å². The Morgan fingerprint density at radius 3 is 2.73 bits per heavy atom. The Morgan fingerprint density at radius 1 is 1.18 bits per heavy atom. The van der Waals surface area contributed by atoms with Crippen LogP contribution in [-0.2, 0) is 20.8 Å². The van der Waals surface area contributed by atoms with Gasteiger partial charge in [-0.05, 0) is 51.7 Å². The maximum Gasteiger partial charge on any atom is 0.305 e. The molecule has 0 bridgehead atoms. The minimum Gasteiger partial charge on any atom is -0.493 e. The van der Waals surface area contributed by atoms with Crippen molar-refractivity contribution in [2.75, 3.05) is 39.5 Å². The van der Waals surface area contributed by atoms with E-state index in [9.17, 15) is 4.79 Å². The first-order chi connectivity index (χ1) is 15.6. The van der Waals surface area contributed by atoms with Crippen molar-refractivity contribution in [1.82, 2.24) is 10.6 Å². The zero-order valence-corrected chi connectivity index (χ0v) is 22.8. The molecule has 1 heterocycles. The highest BCUT2D eigenvalue weighted by molar-refractivity contribution is 14.0. The van der Waals surface area contributed by atoms with Crippen molar-refractivity contribution in [3.05, 3.63) is 29.3 Å². The molecule has 33 heavy (non-hydrogen) atoms. The van der Waals surface area contributed by atoms with Crippen molar-refractivity contribution in [2.24, 2.45) is 10.9 Å². The monoisotopic (exact) mass is 575 g/mol. The van der Waals surface area contributed by atoms with Gasteiger partial charge < -0.3 is 24.8 Å². The maximum absolute atomic E-state index is 11.4. The summed E-state index contributed by atoms with van der Waals surface area (Å²) in [5.41, 5.74) is 2.27. The molecule has 0 aliphatic carbocycles. The third-order valence-electron chi connectivity index (χ3n) is 5.38. The number of benzene rings is 1. The second-order valence-electron chi connectivity index (χ2n) is 8.24. The molecule has 1 aliphatic rings. The number of hydrogen-bond acceptors (Lipinski definition) is 5. The lowest BCUT2D eigenvalue weighted by atomic mass is 10.1. The lowest BCUT2D eigenvalue weighted by Crippen LogP contribution is -2.37. The van der Waals surface area contributed by atoms with Crippen LogP contribution in [0.25, 0.3) is 0 Å². The molecule has 0 aromatic heterocycles. The van der Waals surface area contributed by atoms with Crippen LogP contribution in [0, 0.1) is 12.8 Å². The van der Waals surface area contributed by atoms with E-state index in [1.807, 2.05) is 6.92 Å². The number of carbonyl (C=O) groups excluding carboxylic acids is 1. The molecule has 0 saturated carbocycles. The molecule has 1 saturated heterocycles. The molecule has 7 nitrogen and oxygen atoms in total.